The molecule has 3 rings (SSSR count). The summed E-state index contributed by atoms with van der Waals surface area (Å²) in [5.74, 6) is -1.23. The molecule has 1 aromatic heterocycles. The van der Waals surface area contributed by atoms with Crippen LogP contribution in [-0.4, -0.2) is 65.7 Å². The Bertz CT molecular complexity index is 837. The number of ether oxygens (including phenoxy) is 2. The van der Waals surface area contributed by atoms with Crippen LogP contribution < -0.4 is 0 Å². The molecule has 0 radical (unpaired) electrons. The maximum Gasteiger partial charge on any atom is 0.357 e. The van der Waals surface area contributed by atoms with Gasteiger partial charge in [-0.15, -0.1) is 5.10 Å². The Balaban J connectivity index is 2.13. The van der Waals surface area contributed by atoms with Crippen molar-refractivity contribution in [3.8, 4) is 0 Å². The number of carbonyl (C=O) groups excluding carboxylic acids is 2. The van der Waals surface area contributed by atoms with E-state index in [0.717, 1.165) is 25.9 Å². The van der Waals surface area contributed by atoms with E-state index in [2.05, 4.69) is 15.2 Å². The normalized spacial score (nSPS) is 16.2. The largest absolute Gasteiger partial charge is 0.466 e. The van der Waals surface area contributed by atoms with Crippen LogP contribution in [-0.2, 0) is 19.1 Å². The minimum absolute atomic E-state index is 0.0404. The Morgan fingerprint density at radius 3 is 2.42 bits per heavy atom. The van der Waals surface area contributed by atoms with Gasteiger partial charge in [0, 0.05) is 6.54 Å². The van der Waals surface area contributed by atoms with E-state index >= 15 is 0 Å². The van der Waals surface area contributed by atoms with Crippen molar-refractivity contribution in [2.45, 2.75) is 19.3 Å². The van der Waals surface area contributed by atoms with Crippen LogP contribution in [0.25, 0.3) is 16.7 Å². The number of aromatic nitrogens is 3. The third kappa shape index (κ3) is 3.60. The summed E-state index contributed by atoms with van der Waals surface area (Å²) in [4.78, 5) is 27.2. The summed E-state index contributed by atoms with van der Waals surface area (Å²) in [6.45, 7) is 2.03. The number of nitrogens with zero attached hydrogens (tertiary/aromatic N) is 4. The van der Waals surface area contributed by atoms with Gasteiger partial charge in [0.05, 0.1) is 25.3 Å². The zero-order chi connectivity index (χ0) is 18.5. The molecular weight excluding hydrogens is 336 g/mol. The average Bonchev–Trinajstić information content (AvgIpc) is 3.11. The van der Waals surface area contributed by atoms with E-state index in [0.29, 0.717) is 17.6 Å². The molecule has 0 unspecified atom stereocenters. The summed E-state index contributed by atoms with van der Waals surface area (Å²) in [6.07, 6.45) is 3.30. The van der Waals surface area contributed by atoms with E-state index in [1.807, 2.05) is 12.1 Å². The fraction of sp³-hybridized carbons (Fsp3) is 0.444. The molecule has 0 amide bonds. The molecule has 1 aliphatic heterocycles. The highest BCUT2D eigenvalue weighted by Crippen LogP contribution is 2.22. The van der Waals surface area contributed by atoms with Crippen molar-refractivity contribution < 1.29 is 19.1 Å². The average molecular weight is 358 g/mol. The van der Waals surface area contributed by atoms with Crippen LogP contribution in [0.3, 0.4) is 0 Å². The lowest BCUT2D eigenvalue weighted by atomic mass is 10.1. The Morgan fingerprint density at radius 2 is 1.73 bits per heavy atom. The smallest absolute Gasteiger partial charge is 0.357 e. The molecule has 8 nitrogen and oxygen atoms in total. The van der Waals surface area contributed by atoms with Crippen molar-refractivity contribution in [3.05, 3.63) is 29.8 Å². The van der Waals surface area contributed by atoms with Gasteiger partial charge in [-0.2, -0.15) is 0 Å². The zero-order valence-electron chi connectivity index (χ0n) is 15.0. The van der Waals surface area contributed by atoms with Gasteiger partial charge in [0.1, 0.15) is 5.52 Å². The third-order valence-corrected chi connectivity index (χ3v) is 4.49. The Kier molecular flexibility index (Phi) is 5.62. The first-order chi connectivity index (χ1) is 12.7. The lowest BCUT2D eigenvalue weighted by Crippen LogP contribution is -2.35. The molecule has 1 aliphatic rings. The van der Waals surface area contributed by atoms with Crippen LogP contribution in [0.1, 0.15) is 19.3 Å². The molecule has 0 spiro atoms. The number of benzene rings is 1. The maximum absolute atomic E-state index is 12.6. The fourth-order valence-electron chi connectivity index (χ4n) is 3.17. The van der Waals surface area contributed by atoms with E-state index in [1.54, 1.807) is 12.1 Å². The number of hydrogen-bond donors (Lipinski definition) is 0. The lowest BCUT2D eigenvalue weighted by Gasteiger charge is -2.27. The minimum atomic E-state index is -0.655. The number of carbonyl (C=O) groups is 2. The molecule has 8 heteroatoms. The van der Waals surface area contributed by atoms with Crippen LogP contribution in [0.4, 0.5) is 0 Å². The van der Waals surface area contributed by atoms with Crippen molar-refractivity contribution in [1.82, 2.24) is 19.9 Å². The molecule has 2 aromatic rings. The SMILES string of the molecule is COC(=O)/C(CN1CCCCC1)=C(\C(=O)OC)n1nnc2ccccc21. The van der Waals surface area contributed by atoms with Crippen molar-refractivity contribution in [2.24, 2.45) is 0 Å². The molecule has 0 aliphatic carbocycles. The predicted molar refractivity (Wildman–Crippen MR) is 95.1 cm³/mol. The summed E-state index contributed by atoms with van der Waals surface area (Å²) < 4.78 is 11.2. The third-order valence-electron chi connectivity index (χ3n) is 4.49. The number of piperidine rings is 1. The molecular formula is C18H22N4O4. The number of methoxy groups -OCH3 is 2. The van der Waals surface area contributed by atoms with Crippen LogP contribution in [0, 0.1) is 0 Å². The van der Waals surface area contributed by atoms with Gasteiger partial charge >= 0.3 is 11.9 Å². The Labute approximate surface area is 151 Å². The number of esters is 2. The van der Waals surface area contributed by atoms with Crippen molar-refractivity contribution >= 4 is 28.7 Å². The fourth-order valence-corrected chi connectivity index (χ4v) is 3.17. The Hall–Kier alpha value is -2.74. The number of likely N-dealkylation sites (tertiary alicyclic amines) is 1. The number of para-hydroxylation sites is 1. The molecule has 26 heavy (non-hydrogen) atoms. The topological polar surface area (TPSA) is 86.5 Å². The predicted octanol–water partition coefficient (Wildman–Crippen LogP) is 1.47. The summed E-state index contributed by atoms with van der Waals surface area (Å²) in [5, 5.41) is 8.15. The summed E-state index contributed by atoms with van der Waals surface area (Å²) >= 11 is 0. The molecule has 0 atom stereocenters. The minimum Gasteiger partial charge on any atom is -0.466 e. The monoisotopic (exact) mass is 358 g/mol. The first-order valence-corrected chi connectivity index (χ1v) is 8.58. The standard InChI is InChI=1S/C18H22N4O4/c1-25-17(23)13(12-21-10-6-3-7-11-21)16(18(24)26-2)22-15-9-5-4-8-14(15)19-20-22/h4-5,8-9H,3,6-7,10-12H2,1-2H3/b16-13+. The van der Waals surface area contributed by atoms with E-state index in [9.17, 15) is 9.59 Å². The quantitative estimate of drug-likeness (QED) is 0.591. The van der Waals surface area contributed by atoms with Crippen molar-refractivity contribution in [1.29, 1.82) is 0 Å². The second-order valence-corrected chi connectivity index (χ2v) is 6.14. The highest BCUT2D eigenvalue weighted by Gasteiger charge is 2.28. The van der Waals surface area contributed by atoms with Crippen molar-refractivity contribution in [2.75, 3.05) is 33.9 Å². The Morgan fingerprint density at radius 1 is 1.04 bits per heavy atom. The van der Waals surface area contributed by atoms with Crippen LogP contribution in [0.2, 0.25) is 0 Å². The molecule has 0 saturated carbocycles. The van der Waals surface area contributed by atoms with E-state index in [-0.39, 0.29) is 11.3 Å². The number of hydrogen-bond acceptors (Lipinski definition) is 7. The van der Waals surface area contributed by atoms with E-state index in [4.69, 9.17) is 9.47 Å². The highest BCUT2D eigenvalue weighted by atomic mass is 16.5. The first kappa shape index (κ1) is 18.1. The van der Waals surface area contributed by atoms with E-state index in [1.165, 1.54) is 25.3 Å². The molecule has 138 valence electrons. The number of fused-ring (bicyclic) bond motifs is 1. The second kappa shape index (κ2) is 8.09. The van der Waals surface area contributed by atoms with Gasteiger partial charge in [-0.1, -0.05) is 23.8 Å². The van der Waals surface area contributed by atoms with Gasteiger partial charge in [0.2, 0.25) is 0 Å². The number of rotatable bonds is 5. The summed E-state index contributed by atoms with van der Waals surface area (Å²) in [7, 11) is 2.57. The second-order valence-electron chi connectivity index (χ2n) is 6.14. The zero-order valence-corrected chi connectivity index (χ0v) is 15.0. The molecule has 1 saturated heterocycles. The molecule has 2 heterocycles. The first-order valence-electron chi connectivity index (χ1n) is 8.58. The van der Waals surface area contributed by atoms with Crippen LogP contribution >= 0.6 is 0 Å². The van der Waals surface area contributed by atoms with Crippen molar-refractivity contribution in [3.63, 3.8) is 0 Å². The van der Waals surface area contributed by atoms with Gasteiger partial charge in [0.15, 0.2) is 5.70 Å². The molecule has 0 bridgehead atoms. The van der Waals surface area contributed by atoms with Gasteiger partial charge in [-0.25, -0.2) is 14.3 Å². The molecule has 1 fully saturated rings. The highest BCUT2D eigenvalue weighted by molar-refractivity contribution is 6.18. The maximum atomic E-state index is 12.6. The lowest BCUT2D eigenvalue weighted by molar-refractivity contribution is -0.138. The van der Waals surface area contributed by atoms with Crippen LogP contribution in [0.15, 0.2) is 29.8 Å². The van der Waals surface area contributed by atoms with Gasteiger partial charge in [0.25, 0.3) is 0 Å². The van der Waals surface area contributed by atoms with E-state index < -0.39 is 11.9 Å². The van der Waals surface area contributed by atoms with Gasteiger partial charge in [-0.3, -0.25) is 4.90 Å². The molecule has 0 N–H and O–H groups in total. The molecule has 1 aromatic carbocycles. The summed E-state index contributed by atoms with van der Waals surface area (Å²) in [5.41, 5.74) is 1.50. The van der Waals surface area contributed by atoms with Gasteiger partial charge in [-0.05, 0) is 38.1 Å². The summed E-state index contributed by atoms with van der Waals surface area (Å²) in [6, 6.07) is 7.22. The van der Waals surface area contributed by atoms with Crippen LogP contribution in [0.5, 0.6) is 0 Å². The van der Waals surface area contributed by atoms with Gasteiger partial charge < -0.3 is 9.47 Å².